The third kappa shape index (κ3) is 3.60. The van der Waals surface area contributed by atoms with E-state index in [-0.39, 0.29) is 11.9 Å². The molecule has 0 amide bonds. The van der Waals surface area contributed by atoms with Crippen LogP contribution < -0.4 is 11.1 Å². The van der Waals surface area contributed by atoms with Crippen LogP contribution in [0, 0.1) is 5.82 Å². The predicted octanol–water partition coefficient (Wildman–Crippen LogP) is 4.24. The number of halogens is 3. The van der Waals surface area contributed by atoms with Crippen molar-refractivity contribution in [3.63, 3.8) is 0 Å². The fraction of sp³-hybridized carbons (Fsp3) is 0.143. The molecule has 0 saturated carbocycles. The van der Waals surface area contributed by atoms with E-state index in [9.17, 15) is 4.39 Å². The van der Waals surface area contributed by atoms with E-state index in [4.69, 9.17) is 28.9 Å². The number of hydrogen-bond acceptors (Lipinski definition) is 2. The molecule has 2 aromatic carbocycles. The molecular weight excluding hydrogens is 286 g/mol. The largest absolute Gasteiger partial charge is 0.377 e. The summed E-state index contributed by atoms with van der Waals surface area (Å²) in [6.07, 6.45) is 0. The zero-order chi connectivity index (χ0) is 13.8. The normalized spacial score (nSPS) is 12.2. The Bertz CT molecular complexity index is 558. The topological polar surface area (TPSA) is 38.0 Å². The lowest BCUT2D eigenvalue weighted by Crippen LogP contribution is -2.20. The molecule has 2 rings (SSSR count). The van der Waals surface area contributed by atoms with Crippen molar-refractivity contribution >= 4 is 28.9 Å². The summed E-state index contributed by atoms with van der Waals surface area (Å²) >= 11 is 11.9. The first kappa shape index (κ1) is 14.1. The average Bonchev–Trinajstić information content (AvgIpc) is 2.41. The van der Waals surface area contributed by atoms with Gasteiger partial charge >= 0.3 is 0 Å². The number of nitrogens with two attached hydrogens (primary N) is 1. The van der Waals surface area contributed by atoms with Crippen LogP contribution in [-0.4, -0.2) is 6.54 Å². The van der Waals surface area contributed by atoms with Gasteiger partial charge < -0.3 is 11.1 Å². The number of nitrogens with one attached hydrogen (secondary N) is 1. The summed E-state index contributed by atoms with van der Waals surface area (Å²) in [7, 11) is 0. The summed E-state index contributed by atoms with van der Waals surface area (Å²) in [6.45, 7) is 0.384. The van der Waals surface area contributed by atoms with Crippen LogP contribution in [0.4, 0.5) is 10.1 Å². The summed E-state index contributed by atoms with van der Waals surface area (Å²) in [5.41, 5.74) is 7.48. The molecule has 0 bridgehead atoms. The van der Waals surface area contributed by atoms with Gasteiger partial charge in [0.2, 0.25) is 0 Å². The molecule has 0 spiro atoms. The molecule has 0 heterocycles. The molecule has 0 fully saturated rings. The van der Waals surface area contributed by atoms with Crippen molar-refractivity contribution in [1.29, 1.82) is 0 Å². The van der Waals surface area contributed by atoms with Gasteiger partial charge in [-0.1, -0.05) is 29.3 Å². The summed E-state index contributed by atoms with van der Waals surface area (Å²) in [5, 5.41) is 4.21. The van der Waals surface area contributed by atoms with Crippen LogP contribution in [0.5, 0.6) is 0 Å². The molecule has 0 saturated heterocycles. The van der Waals surface area contributed by atoms with E-state index in [1.807, 2.05) is 6.07 Å². The second-order valence-electron chi connectivity index (χ2n) is 4.11. The number of hydrogen-bond donors (Lipinski definition) is 2. The van der Waals surface area contributed by atoms with Crippen molar-refractivity contribution in [3.8, 4) is 0 Å². The first-order valence-corrected chi connectivity index (χ1v) is 6.53. The molecule has 0 radical (unpaired) electrons. The maximum atomic E-state index is 12.8. The van der Waals surface area contributed by atoms with E-state index in [0.29, 0.717) is 16.6 Å². The smallest absolute Gasteiger partial charge is 0.123 e. The Morgan fingerprint density at radius 1 is 1.05 bits per heavy atom. The van der Waals surface area contributed by atoms with Gasteiger partial charge in [0.25, 0.3) is 0 Å². The molecule has 5 heteroatoms. The van der Waals surface area contributed by atoms with E-state index in [2.05, 4.69) is 5.32 Å². The summed E-state index contributed by atoms with van der Waals surface area (Å²) in [6, 6.07) is 11.4. The lowest BCUT2D eigenvalue weighted by Gasteiger charge is -2.19. The van der Waals surface area contributed by atoms with E-state index in [0.717, 1.165) is 11.3 Å². The van der Waals surface area contributed by atoms with Crippen LogP contribution in [0.2, 0.25) is 10.0 Å². The molecule has 0 aromatic heterocycles. The Morgan fingerprint density at radius 2 is 1.74 bits per heavy atom. The Balaban J connectivity index is 2.19. The van der Waals surface area contributed by atoms with Gasteiger partial charge in [-0.2, -0.15) is 0 Å². The van der Waals surface area contributed by atoms with Crippen molar-refractivity contribution < 1.29 is 4.39 Å². The molecule has 19 heavy (non-hydrogen) atoms. The van der Waals surface area contributed by atoms with Crippen molar-refractivity contribution in [2.75, 3.05) is 11.9 Å². The zero-order valence-electron chi connectivity index (χ0n) is 10.0. The molecule has 2 aromatic rings. The number of anilines is 1. The fourth-order valence-electron chi connectivity index (χ4n) is 1.75. The molecule has 2 nitrogen and oxygen atoms in total. The van der Waals surface area contributed by atoms with E-state index in [1.54, 1.807) is 24.3 Å². The summed E-state index contributed by atoms with van der Waals surface area (Å²) in [5.74, 6) is -0.274. The lowest BCUT2D eigenvalue weighted by molar-refractivity contribution is 0.628. The minimum atomic E-state index is -0.274. The predicted molar refractivity (Wildman–Crippen MR) is 78.3 cm³/mol. The Kier molecular flexibility index (Phi) is 4.64. The first-order valence-electron chi connectivity index (χ1n) is 5.77. The fourth-order valence-corrected chi connectivity index (χ4v) is 2.06. The van der Waals surface area contributed by atoms with E-state index >= 15 is 0 Å². The van der Waals surface area contributed by atoms with Crippen LogP contribution in [0.25, 0.3) is 0 Å². The van der Waals surface area contributed by atoms with Gasteiger partial charge in [-0.15, -0.1) is 0 Å². The third-order valence-electron chi connectivity index (χ3n) is 2.77. The van der Waals surface area contributed by atoms with Crippen LogP contribution >= 0.6 is 23.2 Å². The third-order valence-corrected chi connectivity index (χ3v) is 3.51. The van der Waals surface area contributed by atoms with Crippen LogP contribution in [0.15, 0.2) is 42.5 Å². The standard InChI is InChI=1S/C14H13Cl2FN2/c15-12-6-1-9(7-13(12)16)14(8-18)19-11-4-2-10(17)3-5-11/h1-7,14,19H,8,18H2. The highest BCUT2D eigenvalue weighted by Crippen LogP contribution is 2.27. The molecule has 100 valence electrons. The maximum Gasteiger partial charge on any atom is 0.123 e. The average molecular weight is 299 g/mol. The second-order valence-corrected chi connectivity index (χ2v) is 4.93. The van der Waals surface area contributed by atoms with Gasteiger partial charge in [0.05, 0.1) is 16.1 Å². The van der Waals surface area contributed by atoms with Crippen molar-refractivity contribution in [2.45, 2.75) is 6.04 Å². The van der Waals surface area contributed by atoms with Crippen LogP contribution in [0.1, 0.15) is 11.6 Å². The van der Waals surface area contributed by atoms with Crippen LogP contribution in [-0.2, 0) is 0 Å². The maximum absolute atomic E-state index is 12.8. The number of benzene rings is 2. The van der Waals surface area contributed by atoms with Gasteiger partial charge in [-0.25, -0.2) is 4.39 Å². The summed E-state index contributed by atoms with van der Waals surface area (Å²) < 4.78 is 12.8. The van der Waals surface area contributed by atoms with Gasteiger partial charge in [-0.05, 0) is 42.0 Å². The first-order chi connectivity index (χ1) is 9.10. The van der Waals surface area contributed by atoms with Gasteiger partial charge in [0.15, 0.2) is 0 Å². The van der Waals surface area contributed by atoms with Crippen LogP contribution in [0.3, 0.4) is 0 Å². The van der Waals surface area contributed by atoms with Crippen molar-refractivity contribution in [3.05, 3.63) is 63.9 Å². The second kappa shape index (κ2) is 6.24. The lowest BCUT2D eigenvalue weighted by atomic mass is 10.1. The van der Waals surface area contributed by atoms with Gasteiger partial charge in [0.1, 0.15) is 5.82 Å². The van der Waals surface area contributed by atoms with Gasteiger partial charge in [-0.3, -0.25) is 0 Å². The molecule has 0 aliphatic carbocycles. The molecular formula is C14H13Cl2FN2. The molecule has 1 atom stereocenters. The minimum absolute atomic E-state index is 0.111. The molecule has 0 aliphatic rings. The van der Waals surface area contributed by atoms with Gasteiger partial charge in [0, 0.05) is 12.2 Å². The quantitative estimate of drug-likeness (QED) is 0.886. The molecule has 0 aliphatic heterocycles. The highest BCUT2D eigenvalue weighted by atomic mass is 35.5. The minimum Gasteiger partial charge on any atom is -0.377 e. The van der Waals surface area contributed by atoms with Crippen molar-refractivity contribution in [2.24, 2.45) is 5.73 Å². The summed E-state index contributed by atoms with van der Waals surface area (Å²) in [4.78, 5) is 0. The molecule has 1 unspecified atom stereocenters. The monoisotopic (exact) mass is 298 g/mol. The Hall–Kier alpha value is -1.29. The zero-order valence-corrected chi connectivity index (χ0v) is 11.5. The van der Waals surface area contributed by atoms with E-state index in [1.165, 1.54) is 12.1 Å². The van der Waals surface area contributed by atoms with Crippen molar-refractivity contribution in [1.82, 2.24) is 0 Å². The number of rotatable bonds is 4. The highest BCUT2D eigenvalue weighted by Gasteiger charge is 2.11. The Morgan fingerprint density at radius 3 is 2.32 bits per heavy atom. The Labute approximate surface area is 121 Å². The molecule has 3 N–H and O–H groups in total. The highest BCUT2D eigenvalue weighted by molar-refractivity contribution is 6.42. The van der Waals surface area contributed by atoms with E-state index < -0.39 is 0 Å². The SMILES string of the molecule is NCC(Nc1ccc(F)cc1)c1ccc(Cl)c(Cl)c1.